The molecule has 1 amide bonds. The fourth-order valence-corrected chi connectivity index (χ4v) is 2.91. The molecule has 0 unspecified atom stereocenters. The molecule has 1 aliphatic rings. The summed E-state index contributed by atoms with van der Waals surface area (Å²) in [6.45, 7) is 5.32. The fraction of sp³-hybridized carbons (Fsp3) is 0.579. The number of aryl methyl sites for hydroxylation is 1. The topological polar surface area (TPSA) is 114 Å². The number of ether oxygens (including phenoxy) is 3. The lowest BCUT2D eigenvalue weighted by molar-refractivity contribution is -0.0528. The average Bonchev–Trinajstić information content (AvgIpc) is 3.10. The number of halogens is 2. The van der Waals surface area contributed by atoms with Gasteiger partial charge in [0.25, 0.3) is 0 Å². The van der Waals surface area contributed by atoms with Crippen molar-refractivity contribution in [3.63, 3.8) is 0 Å². The zero-order chi connectivity index (χ0) is 22.6. The van der Waals surface area contributed by atoms with E-state index < -0.39 is 12.2 Å². The van der Waals surface area contributed by atoms with Gasteiger partial charge in [-0.3, -0.25) is 4.98 Å². The summed E-state index contributed by atoms with van der Waals surface area (Å²) in [5, 5.41) is 9.09. The lowest BCUT2D eigenvalue weighted by Crippen LogP contribution is -2.44. The SMILES string of the molecule is Cc1ncc(OC2CCN(C(=O)OC(C)(C)C)CC2)nc1Nc1cc(OC(F)F)[nH]n1. The van der Waals surface area contributed by atoms with Crippen molar-refractivity contribution in [3.8, 4) is 11.8 Å². The third kappa shape index (κ3) is 6.66. The highest BCUT2D eigenvalue weighted by molar-refractivity contribution is 5.68. The molecule has 0 bridgehead atoms. The number of alkyl halides is 2. The van der Waals surface area contributed by atoms with Crippen molar-refractivity contribution in [1.29, 1.82) is 0 Å². The largest absolute Gasteiger partial charge is 0.473 e. The van der Waals surface area contributed by atoms with Crippen LogP contribution in [0.5, 0.6) is 11.8 Å². The number of carbonyl (C=O) groups is 1. The molecule has 0 atom stereocenters. The van der Waals surface area contributed by atoms with Crippen LogP contribution in [0.15, 0.2) is 12.3 Å². The molecule has 0 saturated carbocycles. The van der Waals surface area contributed by atoms with Crippen molar-refractivity contribution in [1.82, 2.24) is 25.1 Å². The number of piperidine rings is 1. The quantitative estimate of drug-likeness (QED) is 0.700. The highest BCUT2D eigenvalue weighted by Gasteiger charge is 2.28. The van der Waals surface area contributed by atoms with E-state index in [1.54, 1.807) is 11.8 Å². The van der Waals surface area contributed by atoms with Crippen LogP contribution in [-0.4, -0.2) is 62.6 Å². The van der Waals surface area contributed by atoms with E-state index in [9.17, 15) is 13.6 Å². The van der Waals surface area contributed by atoms with Crippen LogP contribution in [0.3, 0.4) is 0 Å². The van der Waals surface area contributed by atoms with E-state index in [4.69, 9.17) is 9.47 Å². The van der Waals surface area contributed by atoms with Crippen LogP contribution >= 0.6 is 0 Å². The van der Waals surface area contributed by atoms with Crippen molar-refractivity contribution in [2.75, 3.05) is 18.4 Å². The molecule has 0 aromatic carbocycles. The molecule has 1 aliphatic heterocycles. The molecule has 2 N–H and O–H groups in total. The van der Waals surface area contributed by atoms with E-state index in [0.29, 0.717) is 43.3 Å². The van der Waals surface area contributed by atoms with Gasteiger partial charge in [-0.25, -0.2) is 9.89 Å². The standard InChI is InChI=1S/C19H26F2N6O4/c1-11-16(23-13-9-14(26-25-13)30-17(20)21)24-15(10-22-11)29-12-5-7-27(8-6-12)18(28)31-19(2,3)4/h9-10,12,17H,5-8H2,1-4H3,(H2,23,24,25,26). The third-order valence-corrected chi connectivity index (χ3v) is 4.33. The number of rotatable bonds is 6. The number of aromatic amines is 1. The summed E-state index contributed by atoms with van der Waals surface area (Å²) in [4.78, 5) is 22.5. The maximum atomic E-state index is 12.3. The smallest absolute Gasteiger partial charge is 0.410 e. The number of hydrogen-bond donors (Lipinski definition) is 2. The molecule has 1 fully saturated rings. The molecular weight excluding hydrogens is 414 g/mol. The minimum atomic E-state index is -2.95. The lowest BCUT2D eigenvalue weighted by atomic mass is 10.1. The number of likely N-dealkylation sites (tertiary alicyclic amines) is 1. The van der Waals surface area contributed by atoms with E-state index in [2.05, 4.69) is 30.2 Å². The van der Waals surface area contributed by atoms with Crippen LogP contribution in [-0.2, 0) is 4.74 Å². The molecule has 10 nitrogen and oxygen atoms in total. The van der Waals surface area contributed by atoms with Gasteiger partial charge in [-0.15, -0.1) is 0 Å². The summed E-state index contributed by atoms with van der Waals surface area (Å²) in [6.07, 6.45) is 2.31. The first-order valence-corrected chi connectivity index (χ1v) is 9.84. The first-order chi connectivity index (χ1) is 14.6. The Hall–Kier alpha value is -3.18. The number of anilines is 2. The summed E-state index contributed by atoms with van der Waals surface area (Å²) >= 11 is 0. The normalized spacial score (nSPS) is 15.1. The van der Waals surface area contributed by atoms with Gasteiger partial charge in [0.1, 0.15) is 11.7 Å². The summed E-state index contributed by atoms with van der Waals surface area (Å²) < 4.78 is 40.1. The van der Waals surface area contributed by atoms with Gasteiger partial charge >= 0.3 is 12.7 Å². The first kappa shape index (κ1) is 22.5. The van der Waals surface area contributed by atoms with Crippen LogP contribution in [0.1, 0.15) is 39.3 Å². The second kappa shape index (κ2) is 9.31. The van der Waals surface area contributed by atoms with Gasteiger partial charge in [-0.05, 0) is 27.7 Å². The zero-order valence-electron chi connectivity index (χ0n) is 17.8. The van der Waals surface area contributed by atoms with Gasteiger partial charge in [0.05, 0.1) is 11.9 Å². The van der Waals surface area contributed by atoms with Crippen molar-refractivity contribution in [3.05, 3.63) is 18.0 Å². The van der Waals surface area contributed by atoms with Crippen LogP contribution in [0, 0.1) is 6.92 Å². The Labute approximate surface area is 178 Å². The van der Waals surface area contributed by atoms with E-state index in [1.165, 1.54) is 12.3 Å². The number of aromatic nitrogens is 4. The molecular formula is C19H26F2N6O4. The van der Waals surface area contributed by atoms with Crippen molar-refractivity contribution in [2.24, 2.45) is 0 Å². The predicted molar refractivity (Wildman–Crippen MR) is 107 cm³/mol. The summed E-state index contributed by atoms with van der Waals surface area (Å²) in [7, 11) is 0. The van der Waals surface area contributed by atoms with E-state index in [-0.39, 0.29) is 23.9 Å². The molecule has 0 spiro atoms. The summed E-state index contributed by atoms with van der Waals surface area (Å²) in [5.74, 6) is 0.755. The Kier molecular flexibility index (Phi) is 6.76. The molecule has 0 aliphatic carbocycles. The summed E-state index contributed by atoms with van der Waals surface area (Å²) in [6, 6.07) is 1.28. The van der Waals surface area contributed by atoms with E-state index in [1.807, 2.05) is 20.8 Å². The third-order valence-electron chi connectivity index (χ3n) is 4.33. The van der Waals surface area contributed by atoms with Crippen LogP contribution < -0.4 is 14.8 Å². The van der Waals surface area contributed by atoms with Gasteiger partial charge in [0.15, 0.2) is 11.6 Å². The molecule has 3 heterocycles. The minimum Gasteiger partial charge on any atom is -0.473 e. The van der Waals surface area contributed by atoms with Gasteiger partial charge in [-0.1, -0.05) is 0 Å². The van der Waals surface area contributed by atoms with Gasteiger partial charge in [0, 0.05) is 32.0 Å². The Morgan fingerprint density at radius 3 is 2.68 bits per heavy atom. The highest BCUT2D eigenvalue weighted by Crippen LogP contribution is 2.24. The lowest BCUT2D eigenvalue weighted by Gasteiger charge is -2.33. The van der Waals surface area contributed by atoms with Crippen molar-refractivity contribution >= 4 is 17.7 Å². The molecule has 2 aromatic rings. The maximum Gasteiger partial charge on any atom is 0.410 e. The second-order valence-electron chi connectivity index (χ2n) is 8.05. The van der Waals surface area contributed by atoms with Crippen LogP contribution in [0.4, 0.5) is 25.2 Å². The fourth-order valence-electron chi connectivity index (χ4n) is 2.91. The predicted octanol–water partition coefficient (Wildman–Crippen LogP) is 3.63. The monoisotopic (exact) mass is 440 g/mol. The Morgan fingerprint density at radius 2 is 2.03 bits per heavy atom. The zero-order valence-corrected chi connectivity index (χ0v) is 17.8. The molecule has 31 heavy (non-hydrogen) atoms. The number of hydrogen-bond acceptors (Lipinski definition) is 8. The highest BCUT2D eigenvalue weighted by atomic mass is 19.3. The summed E-state index contributed by atoms with van der Waals surface area (Å²) in [5.41, 5.74) is 0.0397. The maximum absolute atomic E-state index is 12.3. The molecule has 1 saturated heterocycles. The Balaban J connectivity index is 1.56. The van der Waals surface area contributed by atoms with Crippen molar-refractivity contribution < 1.29 is 27.8 Å². The number of amides is 1. The number of carbonyl (C=O) groups excluding carboxylic acids is 1. The molecule has 12 heteroatoms. The van der Waals surface area contributed by atoms with Crippen LogP contribution in [0.25, 0.3) is 0 Å². The van der Waals surface area contributed by atoms with Crippen molar-refractivity contribution in [2.45, 2.75) is 58.9 Å². The van der Waals surface area contributed by atoms with E-state index >= 15 is 0 Å². The van der Waals surface area contributed by atoms with Crippen LogP contribution in [0.2, 0.25) is 0 Å². The second-order valence-corrected chi connectivity index (χ2v) is 8.05. The Morgan fingerprint density at radius 1 is 1.32 bits per heavy atom. The first-order valence-electron chi connectivity index (χ1n) is 9.84. The molecule has 3 rings (SSSR count). The van der Waals surface area contributed by atoms with E-state index in [0.717, 1.165) is 0 Å². The molecule has 2 aromatic heterocycles. The molecule has 170 valence electrons. The number of nitrogens with one attached hydrogen (secondary N) is 2. The minimum absolute atomic E-state index is 0.125. The average molecular weight is 440 g/mol. The van der Waals surface area contributed by atoms with Gasteiger partial charge < -0.3 is 24.4 Å². The number of H-pyrrole nitrogens is 1. The molecule has 0 radical (unpaired) electrons. The Bertz CT molecular complexity index is 894. The number of nitrogens with zero attached hydrogens (tertiary/aromatic N) is 4. The van der Waals surface area contributed by atoms with Gasteiger partial charge in [0.2, 0.25) is 11.8 Å². The van der Waals surface area contributed by atoms with Gasteiger partial charge in [-0.2, -0.15) is 18.9 Å².